The van der Waals surface area contributed by atoms with Gasteiger partial charge in [-0.1, -0.05) is 25.3 Å². The Morgan fingerprint density at radius 3 is 2.76 bits per heavy atom. The summed E-state index contributed by atoms with van der Waals surface area (Å²) in [4.78, 5) is 2.18. The maximum atomic E-state index is 8.93. The van der Waals surface area contributed by atoms with Crippen molar-refractivity contribution in [3.05, 3.63) is 25.1 Å². The van der Waals surface area contributed by atoms with Gasteiger partial charge in [-0.15, -0.1) is 6.58 Å². The first kappa shape index (κ1) is 14.1. The summed E-state index contributed by atoms with van der Waals surface area (Å²) in [5.74, 6) is 0. The predicted molar refractivity (Wildman–Crippen MR) is 72.4 cm³/mol. The van der Waals surface area contributed by atoms with Gasteiger partial charge in [-0.05, 0) is 25.7 Å². The molecule has 3 nitrogen and oxygen atoms in total. The van der Waals surface area contributed by atoms with Crippen LogP contribution >= 0.6 is 0 Å². The molecule has 0 fully saturated rings. The summed E-state index contributed by atoms with van der Waals surface area (Å²) in [6.45, 7) is 4.69. The maximum absolute atomic E-state index is 8.93. The zero-order valence-electron chi connectivity index (χ0n) is 10.8. The fourth-order valence-corrected chi connectivity index (χ4v) is 2.20. The SMILES string of the molecule is C=CCCCCCCCC1NC=CN1CCO. The number of β-amino-alcohol motifs (C(OH)–C–C–N with tert-alkyl or cyclic N) is 1. The van der Waals surface area contributed by atoms with Crippen molar-refractivity contribution in [3.8, 4) is 0 Å². The van der Waals surface area contributed by atoms with E-state index < -0.39 is 0 Å². The minimum atomic E-state index is 0.226. The number of nitrogens with zero attached hydrogens (tertiary/aromatic N) is 1. The monoisotopic (exact) mass is 238 g/mol. The lowest BCUT2D eigenvalue weighted by atomic mass is 10.1. The number of unbranched alkanes of at least 4 members (excludes halogenated alkanes) is 5. The molecule has 3 heteroatoms. The highest BCUT2D eigenvalue weighted by Gasteiger charge is 2.16. The van der Waals surface area contributed by atoms with Gasteiger partial charge in [0.1, 0.15) is 0 Å². The lowest BCUT2D eigenvalue weighted by Gasteiger charge is -2.24. The standard InChI is InChI=1S/C14H26N2O/c1-2-3-4-5-6-7-8-9-14-15-10-11-16(14)12-13-17/h2,10-11,14-15,17H,1,3-9,12-13H2. The van der Waals surface area contributed by atoms with Crippen LogP contribution in [0.5, 0.6) is 0 Å². The summed E-state index contributed by atoms with van der Waals surface area (Å²) < 4.78 is 0. The van der Waals surface area contributed by atoms with Gasteiger partial charge in [-0.25, -0.2) is 0 Å². The molecule has 1 atom stereocenters. The van der Waals surface area contributed by atoms with E-state index in [2.05, 4.69) is 16.8 Å². The molecule has 0 bridgehead atoms. The van der Waals surface area contributed by atoms with Crippen molar-refractivity contribution in [1.29, 1.82) is 0 Å². The topological polar surface area (TPSA) is 35.5 Å². The number of rotatable bonds is 10. The Morgan fingerprint density at radius 2 is 2.00 bits per heavy atom. The highest BCUT2D eigenvalue weighted by atomic mass is 16.3. The molecule has 0 saturated carbocycles. The van der Waals surface area contributed by atoms with Crippen LogP contribution in [0.1, 0.15) is 44.9 Å². The van der Waals surface area contributed by atoms with Crippen LogP contribution in [0.4, 0.5) is 0 Å². The Bertz CT molecular complexity index is 228. The molecule has 0 spiro atoms. The molecule has 1 rings (SSSR count). The largest absolute Gasteiger partial charge is 0.395 e. The molecule has 0 aromatic rings. The highest BCUT2D eigenvalue weighted by molar-refractivity contribution is 4.93. The van der Waals surface area contributed by atoms with Gasteiger partial charge in [0.05, 0.1) is 12.8 Å². The van der Waals surface area contributed by atoms with Crippen molar-refractivity contribution in [3.63, 3.8) is 0 Å². The average Bonchev–Trinajstić information content (AvgIpc) is 2.76. The maximum Gasteiger partial charge on any atom is 0.0982 e. The number of nitrogens with one attached hydrogen (secondary N) is 1. The van der Waals surface area contributed by atoms with Gasteiger partial charge in [0.25, 0.3) is 0 Å². The van der Waals surface area contributed by atoms with Crippen molar-refractivity contribution in [1.82, 2.24) is 10.2 Å². The number of allylic oxidation sites excluding steroid dienone is 1. The fourth-order valence-electron chi connectivity index (χ4n) is 2.20. The third-order valence-electron chi connectivity index (χ3n) is 3.20. The number of aliphatic hydroxyl groups is 1. The van der Waals surface area contributed by atoms with Crippen LogP contribution in [0.3, 0.4) is 0 Å². The Kier molecular flexibility index (Phi) is 7.56. The lowest BCUT2D eigenvalue weighted by Crippen LogP contribution is -2.36. The van der Waals surface area contributed by atoms with Crippen molar-refractivity contribution in [2.24, 2.45) is 0 Å². The van der Waals surface area contributed by atoms with Crippen LogP contribution in [0, 0.1) is 0 Å². The third-order valence-corrected chi connectivity index (χ3v) is 3.20. The van der Waals surface area contributed by atoms with E-state index in [1.165, 1.54) is 32.1 Å². The second kappa shape index (κ2) is 9.11. The minimum absolute atomic E-state index is 0.226. The van der Waals surface area contributed by atoms with Crippen LogP contribution in [0.2, 0.25) is 0 Å². The first-order valence-electron chi connectivity index (χ1n) is 6.78. The number of aliphatic hydroxyl groups excluding tert-OH is 1. The van der Waals surface area contributed by atoms with Crippen LogP contribution < -0.4 is 5.32 Å². The van der Waals surface area contributed by atoms with Gasteiger partial charge in [0.2, 0.25) is 0 Å². The molecular weight excluding hydrogens is 212 g/mol. The lowest BCUT2D eigenvalue weighted by molar-refractivity contribution is 0.194. The molecule has 0 saturated heterocycles. The Labute approximate surface area is 105 Å². The molecule has 1 aliphatic rings. The van der Waals surface area contributed by atoms with Crippen molar-refractivity contribution < 1.29 is 5.11 Å². The van der Waals surface area contributed by atoms with Crippen LogP contribution in [0.25, 0.3) is 0 Å². The second-order valence-electron chi connectivity index (χ2n) is 4.59. The summed E-state index contributed by atoms with van der Waals surface area (Å²) in [7, 11) is 0. The average molecular weight is 238 g/mol. The Balaban J connectivity index is 1.97. The Hall–Kier alpha value is -0.960. The Morgan fingerprint density at radius 1 is 1.24 bits per heavy atom. The molecule has 1 unspecified atom stereocenters. The summed E-state index contributed by atoms with van der Waals surface area (Å²) in [6.07, 6.45) is 15.2. The van der Waals surface area contributed by atoms with E-state index in [0.29, 0.717) is 6.17 Å². The van der Waals surface area contributed by atoms with Crippen LogP contribution in [-0.4, -0.2) is 29.3 Å². The zero-order valence-corrected chi connectivity index (χ0v) is 10.8. The number of hydrogen-bond donors (Lipinski definition) is 2. The van der Waals surface area contributed by atoms with Crippen LogP contribution in [0.15, 0.2) is 25.1 Å². The molecule has 0 amide bonds. The van der Waals surface area contributed by atoms with E-state index in [1.54, 1.807) is 0 Å². The molecule has 0 aliphatic carbocycles. The summed E-state index contributed by atoms with van der Waals surface area (Å²) in [6, 6.07) is 0. The molecule has 0 radical (unpaired) electrons. The number of hydrogen-bond acceptors (Lipinski definition) is 3. The van der Waals surface area contributed by atoms with E-state index in [0.717, 1.165) is 19.4 Å². The predicted octanol–water partition coefficient (Wildman–Crippen LogP) is 2.60. The molecule has 17 heavy (non-hydrogen) atoms. The molecule has 1 aliphatic heterocycles. The van der Waals surface area contributed by atoms with Gasteiger partial charge in [0, 0.05) is 18.9 Å². The molecule has 2 N–H and O–H groups in total. The molecule has 98 valence electrons. The quantitative estimate of drug-likeness (QED) is 0.453. The van der Waals surface area contributed by atoms with Gasteiger partial charge < -0.3 is 15.3 Å². The van der Waals surface area contributed by atoms with Gasteiger partial charge in [-0.2, -0.15) is 0 Å². The van der Waals surface area contributed by atoms with Crippen molar-refractivity contribution in [2.45, 2.75) is 51.1 Å². The van der Waals surface area contributed by atoms with E-state index in [9.17, 15) is 0 Å². The first-order valence-corrected chi connectivity index (χ1v) is 6.78. The molecule has 1 heterocycles. The normalized spacial score (nSPS) is 18.4. The third kappa shape index (κ3) is 5.78. The summed E-state index contributed by atoms with van der Waals surface area (Å²) >= 11 is 0. The molecular formula is C14H26N2O. The zero-order chi connectivity index (χ0) is 12.3. The fraction of sp³-hybridized carbons (Fsp3) is 0.714. The second-order valence-corrected chi connectivity index (χ2v) is 4.59. The van der Waals surface area contributed by atoms with E-state index in [1.807, 2.05) is 18.5 Å². The minimum Gasteiger partial charge on any atom is -0.395 e. The van der Waals surface area contributed by atoms with Gasteiger partial charge in [0.15, 0.2) is 0 Å². The highest BCUT2D eigenvalue weighted by Crippen LogP contribution is 2.13. The van der Waals surface area contributed by atoms with Gasteiger partial charge in [-0.3, -0.25) is 0 Å². The molecule has 0 aromatic heterocycles. The van der Waals surface area contributed by atoms with E-state index in [4.69, 9.17) is 5.11 Å². The van der Waals surface area contributed by atoms with E-state index >= 15 is 0 Å². The van der Waals surface area contributed by atoms with Crippen molar-refractivity contribution in [2.75, 3.05) is 13.2 Å². The molecule has 0 aromatic carbocycles. The van der Waals surface area contributed by atoms with Crippen LogP contribution in [-0.2, 0) is 0 Å². The summed E-state index contributed by atoms with van der Waals surface area (Å²) in [5.41, 5.74) is 0. The smallest absolute Gasteiger partial charge is 0.0982 e. The van der Waals surface area contributed by atoms with Gasteiger partial charge >= 0.3 is 0 Å². The summed E-state index contributed by atoms with van der Waals surface area (Å²) in [5, 5.41) is 12.2. The van der Waals surface area contributed by atoms with Crippen molar-refractivity contribution >= 4 is 0 Å². The first-order chi connectivity index (χ1) is 8.38. The van der Waals surface area contributed by atoms with E-state index in [-0.39, 0.29) is 6.61 Å².